The van der Waals surface area contributed by atoms with Gasteiger partial charge in [-0.1, -0.05) is 28.9 Å². The lowest BCUT2D eigenvalue weighted by Gasteiger charge is -2.24. The van der Waals surface area contributed by atoms with E-state index in [2.05, 4.69) is 51.3 Å². The lowest BCUT2D eigenvalue weighted by atomic mass is 10.1. The number of benzene rings is 1. The Balaban J connectivity index is 2.15. The van der Waals surface area contributed by atoms with Gasteiger partial charge < -0.3 is 15.3 Å². The van der Waals surface area contributed by atoms with Crippen molar-refractivity contribution >= 4 is 21.6 Å². The zero-order valence-electron chi connectivity index (χ0n) is 11.7. The highest BCUT2D eigenvalue weighted by atomic mass is 79.9. The van der Waals surface area contributed by atoms with Crippen molar-refractivity contribution in [2.45, 2.75) is 38.8 Å². The van der Waals surface area contributed by atoms with E-state index in [0.717, 1.165) is 36.9 Å². The van der Waals surface area contributed by atoms with Crippen LogP contribution in [-0.4, -0.2) is 30.3 Å². The van der Waals surface area contributed by atoms with Crippen LogP contribution in [-0.2, 0) is 6.54 Å². The molecule has 1 unspecified atom stereocenters. The monoisotopic (exact) mass is 326 g/mol. The minimum absolute atomic E-state index is 0.559. The lowest BCUT2D eigenvalue weighted by Crippen LogP contribution is -2.30. The normalized spacial score (nSPS) is 23.1. The van der Waals surface area contributed by atoms with E-state index in [9.17, 15) is 5.11 Å². The molecule has 0 aliphatic carbocycles. The quantitative estimate of drug-likeness (QED) is 0.817. The molecule has 0 saturated carbocycles. The fourth-order valence-electron chi connectivity index (χ4n) is 2.53. The summed E-state index contributed by atoms with van der Waals surface area (Å²) in [6.07, 6.45) is 1.98. The second kappa shape index (κ2) is 6.25. The highest BCUT2D eigenvalue weighted by Gasteiger charge is 2.32. The number of anilines is 1. The van der Waals surface area contributed by atoms with Gasteiger partial charge in [-0.05, 0) is 44.0 Å². The summed E-state index contributed by atoms with van der Waals surface area (Å²) in [5.74, 6) is 0. The van der Waals surface area contributed by atoms with Gasteiger partial charge in [0.1, 0.15) is 0 Å². The van der Waals surface area contributed by atoms with Gasteiger partial charge in [-0.3, -0.25) is 0 Å². The topological polar surface area (TPSA) is 35.5 Å². The van der Waals surface area contributed by atoms with E-state index >= 15 is 0 Å². The molecule has 1 aliphatic rings. The second-order valence-corrected chi connectivity index (χ2v) is 6.53. The fraction of sp³-hybridized carbons (Fsp3) is 0.600. The Hall–Kier alpha value is -0.580. The molecule has 0 amide bonds. The summed E-state index contributed by atoms with van der Waals surface area (Å²) < 4.78 is 1.09. The molecule has 0 aromatic heterocycles. The maximum absolute atomic E-state index is 10.1. The third kappa shape index (κ3) is 3.94. The van der Waals surface area contributed by atoms with E-state index < -0.39 is 5.60 Å². The average molecular weight is 327 g/mol. The summed E-state index contributed by atoms with van der Waals surface area (Å²) in [4.78, 5) is 2.29. The molecule has 0 radical (unpaired) electrons. The maximum Gasteiger partial charge on any atom is 0.0810 e. The van der Waals surface area contributed by atoms with Crippen LogP contribution in [0.25, 0.3) is 0 Å². The predicted octanol–water partition coefficient (Wildman–Crippen LogP) is 2.91. The Morgan fingerprint density at radius 1 is 1.47 bits per heavy atom. The number of β-amino-alcohol motifs (C(OH)–C–C–N with tert-alkyl or cyclic N) is 1. The van der Waals surface area contributed by atoms with Crippen molar-refractivity contribution in [1.29, 1.82) is 0 Å². The minimum Gasteiger partial charge on any atom is -0.388 e. The number of halogens is 1. The first-order valence-electron chi connectivity index (χ1n) is 6.98. The molecular weight excluding hydrogens is 304 g/mol. The molecule has 1 fully saturated rings. The van der Waals surface area contributed by atoms with Crippen LogP contribution in [0.1, 0.15) is 32.3 Å². The van der Waals surface area contributed by atoms with Gasteiger partial charge in [0, 0.05) is 29.8 Å². The number of nitrogens with zero attached hydrogens (tertiary/aromatic N) is 1. The molecule has 1 saturated heterocycles. The smallest absolute Gasteiger partial charge is 0.0810 e. The van der Waals surface area contributed by atoms with Crippen molar-refractivity contribution < 1.29 is 5.11 Å². The van der Waals surface area contributed by atoms with Gasteiger partial charge in [0.2, 0.25) is 0 Å². The summed E-state index contributed by atoms with van der Waals surface area (Å²) in [6.45, 7) is 7.64. The van der Waals surface area contributed by atoms with Crippen LogP contribution in [0.3, 0.4) is 0 Å². The molecule has 1 atom stereocenters. The fourth-order valence-corrected chi connectivity index (χ4v) is 2.88. The number of rotatable bonds is 5. The molecule has 1 heterocycles. The van der Waals surface area contributed by atoms with E-state index in [1.807, 2.05) is 6.92 Å². The first kappa shape index (κ1) is 14.8. The standard InChI is InChI=1S/C15H23BrN2O/c1-3-7-17-10-12-4-5-13(16)9-14(12)18-8-6-15(2,19)11-18/h4-5,9,17,19H,3,6-8,10-11H2,1-2H3. The van der Waals surface area contributed by atoms with Crippen LogP contribution < -0.4 is 10.2 Å². The molecule has 2 rings (SSSR count). The molecule has 0 bridgehead atoms. The van der Waals surface area contributed by atoms with Crippen LogP contribution in [0.5, 0.6) is 0 Å². The summed E-state index contributed by atoms with van der Waals surface area (Å²) in [6, 6.07) is 6.40. The molecule has 2 N–H and O–H groups in total. The number of nitrogens with one attached hydrogen (secondary N) is 1. The molecule has 4 heteroatoms. The Labute approximate surface area is 124 Å². The van der Waals surface area contributed by atoms with E-state index in [4.69, 9.17) is 0 Å². The van der Waals surface area contributed by atoms with E-state index in [-0.39, 0.29) is 0 Å². The molecule has 1 aliphatic heterocycles. The minimum atomic E-state index is -0.559. The Morgan fingerprint density at radius 3 is 2.89 bits per heavy atom. The number of hydrogen-bond acceptors (Lipinski definition) is 3. The van der Waals surface area contributed by atoms with Gasteiger partial charge in [0.05, 0.1) is 5.60 Å². The summed E-state index contributed by atoms with van der Waals surface area (Å²) in [5.41, 5.74) is 1.97. The maximum atomic E-state index is 10.1. The van der Waals surface area contributed by atoms with Gasteiger partial charge >= 0.3 is 0 Å². The lowest BCUT2D eigenvalue weighted by molar-refractivity contribution is 0.0839. The molecule has 0 spiro atoms. The molecule has 1 aromatic carbocycles. The van der Waals surface area contributed by atoms with Crippen molar-refractivity contribution in [3.8, 4) is 0 Å². The molecule has 106 valence electrons. The first-order chi connectivity index (χ1) is 9.02. The number of aliphatic hydroxyl groups is 1. The van der Waals surface area contributed by atoms with Crippen LogP contribution in [0.4, 0.5) is 5.69 Å². The van der Waals surface area contributed by atoms with Crippen LogP contribution in [0.2, 0.25) is 0 Å². The average Bonchev–Trinajstić information content (AvgIpc) is 2.72. The van der Waals surface area contributed by atoms with E-state index in [1.165, 1.54) is 11.3 Å². The third-order valence-corrected chi connectivity index (χ3v) is 4.08. The predicted molar refractivity (Wildman–Crippen MR) is 83.6 cm³/mol. The van der Waals surface area contributed by atoms with Crippen molar-refractivity contribution in [3.63, 3.8) is 0 Å². The Kier molecular flexibility index (Phi) is 4.87. The van der Waals surface area contributed by atoms with Crippen LogP contribution in [0, 0.1) is 0 Å². The van der Waals surface area contributed by atoms with Crippen LogP contribution in [0.15, 0.2) is 22.7 Å². The summed E-state index contributed by atoms with van der Waals surface area (Å²) >= 11 is 3.54. The van der Waals surface area contributed by atoms with Gasteiger partial charge in [-0.15, -0.1) is 0 Å². The molecular formula is C15H23BrN2O. The Morgan fingerprint density at radius 2 is 2.26 bits per heavy atom. The van der Waals surface area contributed by atoms with Crippen molar-refractivity contribution in [2.24, 2.45) is 0 Å². The molecule has 19 heavy (non-hydrogen) atoms. The Bertz CT molecular complexity index is 434. The highest BCUT2D eigenvalue weighted by molar-refractivity contribution is 9.10. The van der Waals surface area contributed by atoms with Gasteiger partial charge in [-0.2, -0.15) is 0 Å². The largest absolute Gasteiger partial charge is 0.388 e. The van der Waals surface area contributed by atoms with Crippen molar-refractivity contribution in [2.75, 3.05) is 24.5 Å². The summed E-state index contributed by atoms with van der Waals surface area (Å²) in [7, 11) is 0. The van der Waals surface area contributed by atoms with Gasteiger partial charge in [0.15, 0.2) is 0 Å². The van der Waals surface area contributed by atoms with Crippen molar-refractivity contribution in [3.05, 3.63) is 28.2 Å². The third-order valence-electron chi connectivity index (χ3n) is 3.58. The SMILES string of the molecule is CCCNCc1ccc(Br)cc1N1CCC(C)(O)C1. The molecule has 3 nitrogen and oxygen atoms in total. The summed E-state index contributed by atoms with van der Waals surface area (Å²) in [5, 5.41) is 13.6. The van der Waals surface area contributed by atoms with E-state index in [1.54, 1.807) is 0 Å². The zero-order chi connectivity index (χ0) is 13.9. The van der Waals surface area contributed by atoms with Gasteiger partial charge in [0.25, 0.3) is 0 Å². The van der Waals surface area contributed by atoms with Crippen molar-refractivity contribution in [1.82, 2.24) is 5.32 Å². The molecule has 1 aromatic rings. The van der Waals surface area contributed by atoms with E-state index in [0.29, 0.717) is 6.54 Å². The second-order valence-electron chi connectivity index (χ2n) is 5.62. The van der Waals surface area contributed by atoms with Gasteiger partial charge in [-0.25, -0.2) is 0 Å². The zero-order valence-corrected chi connectivity index (χ0v) is 13.3. The van der Waals surface area contributed by atoms with Crippen LogP contribution >= 0.6 is 15.9 Å². The number of hydrogen-bond donors (Lipinski definition) is 2. The highest BCUT2D eigenvalue weighted by Crippen LogP contribution is 2.31. The first-order valence-corrected chi connectivity index (χ1v) is 7.77.